The zero-order valence-corrected chi connectivity index (χ0v) is 18.8. The Morgan fingerprint density at radius 1 is 1.10 bits per heavy atom. The first kappa shape index (κ1) is 20.2. The van der Waals surface area contributed by atoms with Gasteiger partial charge in [-0.2, -0.15) is 4.31 Å². The predicted octanol–water partition coefficient (Wildman–Crippen LogP) is 3.35. The van der Waals surface area contributed by atoms with E-state index in [1.54, 1.807) is 15.8 Å². The number of rotatable bonds is 5. The summed E-state index contributed by atoms with van der Waals surface area (Å²) in [5.74, 6) is 0.847. The van der Waals surface area contributed by atoms with Gasteiger partial charge < -0.3 is 9.64 Å². The van der Waals surface area contributed by atoms with Crippen molar-refractivity contribution in [1.82, 2.24) is 13.7 Å². The Morgan fingerprint density at radius 2 is 1.76 bits per heavy atom. The van der Waals surface area contributed by atoms with Crippen molar-refractivity contribution in [2.24, 2.45) is 0 Å². The number of sulfonamides is 1. The highest BCUT2D eigenvalue weighted by molar-refractivity contribution is 7.89. The van der Waals surface area contributed by atoms with Gasteiger partial charge in [0.25, 0.3) is 10.0 Å². The van der Waals surface area contributed by atoms with Crippen LogP contribution in [0.4, 0.5) is 5.69 Å². The number of anilines is 1. The summed E-state index contributed by atoms with van der Waals surface area (Å²) in [6.07, 6.45) is 1.87. The van der Waals surface area contributed by atoms with Crippen LogP contribution in [0.3, 0.4) is 0 Å². The molecular weight excluding hydrogens is 408 g/mol. The Morgan fingerprint density at radius 3 is 2.34 bits per heavy atom. The molecule has 29 heavy (non-hydrogen) atoms. The second-order valence-corrected chi connectivity index (χ2v) is 10.6. The molecule has 1 aromatic carbocycles. The van der Waals surface area contributed by atoms with Crippen LogP contribution >= 0.6 is 11.3 Å². The van der Waals surface area contributed by atoms with E-state index in [-0.39, 0.29) is 5.92 Å². The summed E-state index contributed by atoms with van der Waals surface area (Å²) in [4.78, 5) is 8.61. The molecule has 7 nitrogen and oxygen atoms in total. The molecule has 1 saturated heterocycles. The molecule has 0 amide bonds. The topological polar surface area (TPSA) is 67.2 Å². The summed E-state index contributed by atoms with van der Waals surface area (Å²) < 4.78 is 35.7. The second-order valence-electron chi connectivity index (χ2n) is 7.54. The monoisotopic (exact) mass is 434 g/mol. The van der Waals surface area contributed by atoms with Crippen LogP contribution in [0, 0.1) is 6.92 Å². The summed E-state index contributed by atoms with van der Waals surface area (Å²) in [7, 11) is -1.98. The number of nitrogens with zero attached hydrogens (tertiary/aromatic N) is 4. The quantitative estimate of drug-likeness (QED) is 0.616. The SMILES string of the molecule is COc1ccc(N2CCN(S(=O)(=O)c3c(C(C)C)nc4sc(C)cn34)CC2)cc1. The third-order valence-corrected chi connectivity index (χ3v) is 8.07. The third-order valence-electron chi connectivity index (χ3n) is 5.23. The van der Waals surface area contributed by atoms with Gasteiger partial charge in [-0.05, 0) is 37.1 Å². The molecule has 0 bridgehead atoms. The maximum atomic E-state index is 13.6. The zero-order valence-electron chi connectivity index (χ0n) is 17.1. The van der Waals surface area contributed by atoms with E-state index in [0.717, 1.165) is 21.3 Å². The summed E-state index contributed by atoms with van der Waals surface area (Å²) >= 11 is 1.52. The lowest BCUT2D eigenvalue weighted by atomic mass is 10.2. The molecule has 1 fully saturated rings. The number of ether oxygens (including phenoxy) is 1. The fourth-order valence-corrected chi connectivity index (χ4v) is 6.40. The number of imidazole rings is 1. The largest absolute Gasteiger partial charge is 0.497 e. The van der Waals surface area contributed by atoms with Gasteiger partial charge in [-0.1, -0.05) is 13.8 Å². The van der Waals surface area contributed by atoms with E-state index in [2.05, 4.69) is 9.88 Å². The lowest BCUT2D eigenvalue weighted by Gasteiger charge is -2.35. The molecule has 0 saturated carbocycles. The van der Waals surface area contributed by atoms with Crippen molar-refractivity contribution in [3.8, 4) is 5.75 Å². The number of methoxy groups -OCH3 is 1. The van der Waals surface area contributed by atoms with Crippen LogP contribution in [0.2, 0.25) is 0 Å². The molecule has 9 heteroatoms. The smallest absolute Gasteiger partial charge is 0.261 e. The summed E-state index contributed by atoms with van der Waals surface area (Å²) in [5, 5.41) is 0.324. The van der Waals surface area contributed by atoms with E-state index < -0.39 is 10.0 Å². The zero-order chi connectivity index (χ0) is 20.8. The van der Waals surface area contributed by atoms with Crippen LogP contribution in [0.15, 0.2) is 35.5 Å². The molecule has 0 aliphatic carbocycles. The van der Waals surface area contributed by atoms with Crippen LogP contribution in [0.1, 0.15) is 30.3 Å². The molecule has 0 atom stereocenters. The average Bonchev–Trinajstić information content (AvgIpc) is 3.24. The molecule has 0 spiro atoms. The molecule has 156 valence electrons. The fraction of sp³-hybridized carbons (Fsp3) is 0.450. The van der Waals surface area contributed by atoms with E-state index in [9.17, 15) is 8.42 Å². The molecular formula is C20H26N4O3S2. The van der Waals surface area contributed by atoms with Crippen molar-refractivity contribution in [2.45, 2.75) is 31.7 Å². The number of hydrogen-bond donors (Lipinski definition) is 0. The van der Waals surface area contributed by atoms with Gasteiger partial charge in [-0.15, -0.1) is 11.3 Å². The molecule has 0 N–H and O–H groups in total. The number of aryl methyl sites for hydroxylation is 1. The molecule has 2 aromatic heterocycles. The highest BCUT2D eigenvalue weighted by atomic mass is 32.2. The van der Waals surface area contributed by atoms with Crippen LogP contribution in [0.25, 0.3) is 4.96 Å². The van der Waals surface area contributed by atoms with Crippen molar-refractivity contribution in [1.29, 1.82) is 0 Å². The van der Waals surface area contributed by atoms with Gasteiger partial charge in [0.2, 0.25) is 0 Å². The number of thiazole rings is 1. The Labute approximate surface area is 175 Å². The fourth-order valence-electron chi connectivity index (χ4n) is 3.69. The normalized spacial score (nSPS) is 16.1. The molecule has 0 unspecified atom stereocenters. The predicted molar refractivity (Wildman–Crippen MR) is 116 cm³/mol. The third kappa shape index (κ3) is 3.62. The van der Waals surface area contributed by atoms with Crippen molar-refractivity contribution in [3.05, 3.63) is 41.0 Å². The summed E-state index contributed by atoms with van der Waals surface area (Å²) in [6, 6.07) is 7.87. The van der Waals surface area contributed by atoms with Crippen LogP contribution in [-0.4, -0.2) is 55.4 Å². The second kappa shape index (κ2) is 7.62. The molecule has 4 rings (SSSR count). The maximum absolute atomic E-state index is 13.6. The van der Waals surface area contributed by atoms with E-state index in [1.165, 1.54) is 11.3 Å². The minimum absolute atomic E-state index is 0.0350. The van der Waals surface area contributed by atoms with Crippen LogP contribution in [0.5, 0.6) is 5.75 Å². The number of benzene rings is 1. The van der Waals surface area contributed by atoms with E-state index in [1.807, 2.05) is 51.2 Å². The lowest BCUT2D eigenvalue weighted by molar-refractivity contribution is 0.382. The Kier molecular flexibility index (Phi) is 5.30. The molecule has 3 heterocycles. The Bertz CT molecular complexity index is 1110. The van der Waals surface area contributed by atoms with Crippen molar-refractivity contribution in [2.75, 3.05) is 38.2 Å². The van der Waals surface area contributed by atoms with Crippen molar-refractivity contribution in [3.63, 3.8) is 0 Å². The first-order valence-electron chi connectivity index (χ1n) is 9.69. The molecule has 3 aromatic rings. The molecule has 0 radical (unpaired) electrons. The highest BCUT2D eigenvalue weighted by Crippen LogP contribution is 2.31. The van der Waals surface area contributed by atoms with Gasteiger partial charge >= 0.3 is 0 Å². The van der Waals surface area contributed by atoms with Gasteiger partial charge in [0.05, 0.1) is 12.8 Å². The van der Waals surface area contributed by atoms with Gasteiger partial charge in [-0.3, -0.25) is 4.40 Å². The minimum atomic E-state index is -3.63. The summed E-state index contributed by atoms with van der Waals surface area (Å²) in [6.45, 7) is 8.13. The number of piperazine rings is 1. The van der Waals surface area contributed by atoms with E-state index in [0.29, 0.717) is 36.9 Å². The Hall–Kier alpha value is -2.10. The van der Waals surface area contributed by atoms with Gasteiger partial charge in [0, 0.05) is 42.9 Å². The minimum Gasteiger partial charge on any atom is -0.497 e. The maximum Gasteiger partial charge on any atom is 0.261 e. The lowest BCUT2D eigenvalue weighted by Crippen LogP contribution is -2.49. The van der Waals surface area contributed by atoms with Crippen molar-refractivity contribution >= 4 is 32.0 Å². The van der Waals surface area contributed by atoms with Gasteiger partial charge in [-0.25, -0.2) is 13.4 Å². The Balaban J connectivity index is 1.59. The van der Waals surface area contributed by atoms with Crippen LogP contribution < -0.4 is 9.64 Å². The summed E-state index contributed by atoms with van der Waals surface area (Å²) in [5.41, 5.74) is 1.72. The van der Waals surface area contributed by atoms with Crippen LogP contribution in [-0.2, 0) is 10.0 Å². The first-order chi connectivity index (χ1) is 13.8. The standard InChI is InChI=1S/C20H26N4O3S2/c1-14(2)18-19(24-13-15(3)28-20(24)21-18)29(25,26)23-11-9-22(10-12-23)16-5-7-17(27-4)8-6-16/h5-8,13-14H,9-12H2,1-4H3. The average molecular weight is 435 g/mol. The van der Waals surface area contributed by atoms with Gasteiger partial charge in [0.1, 0.15) is 5.75 Å². The molecule has 1 aliphatic heterocycles. The number of fused-ring (bicyclic) bond motifs is 1. The van der Waals surface area contributed by atoms with E-state index >= 15 is 0 Å². The van der Waals surface area contributed by atoms with E-state index in [4.69, 9.17) is 4.74 Å². The molecule has 1 aliphatic rings. The highest BCUT2D eigenvalue weighted by Gasteiger charge is 2.35. The number of aromatic nitrogens is 2. The number of hydrogen-bond acceptors (Lipinski definition) is 6. The first-order valence-corrected chi connectivity index (χ1v) is 11.9. The van der Waals surface area contributed by atoms with Gasteiger partial charge in [0.15, 0.2) is 9.99 Å². The van der Waals surface area contributed by atoms with Crippen molar-refractivity contribution < 1.29 is 13.2 Å².